The van der Waals surface area contributed by atoms with E-state index in [1.807, 2.05) is 25.1 Å². The van der Waals surface area contributed by atoms with Crippen LogP contribution in [0.4, 0.5) is 5.69 Å². The molecule has 3 aliphatic heterocycles. The highest BCUT2D eigenvalue weighted by Gasteiger charge is 2.58. The maximum Gasteiger partial charge on any atom is 0.375 e. The number of benzene rings is 2. The van der Waals surface area contributed by atoms with Crippen LogP contribution in [0.3, 0.4) is 0 Å². The number of carbonyl (C=O) groups is 2. The molecule has 178 valence electrons. The van der Waals surface area contributed by atoms with Gasteiger partial charge in [-0.1, -0.05) is 11.6 Å². The lowest BCUT2D eigenvalue weighted by atomic mass is 9.85. The van der Waals surface area contributed by atoms with Crippen LogP contribution in [0, 0.1) is 6.92 Å². The molecule has 35 heavy (non-hydrogen) atoms. The Morgan fingerprint density at radius 1 is 1.09 bits per heavy atom. The predicted molar refractivity (Wildman–Crippen MR) is 127 cm³/mol. The number of hydrogen-bond acceptors (Lipinski definition) is 9. The van der Waals surface area contributed by atoms with E-state index in [1.54, 1.807) is 43.3 Å². The fourth-order valence-electron chi connectivity index (χ4n) is 4.38. The third-order valence-electron chi connectivity index (χ3n) is 5.98. The zero-order chi connectivity index (χ0) is 24.7. The quantitative estimate of drug-likeness (QED) is 0.613. The molecule has 0 aromatic heterocycles. The van der Waals surface area contributed by atoms with Gasteiger partial charge in [0.1, 0.15) is 11.5 Å². The molecule has 1 unspecified atom stereocenters. The van der Waals surface area contributed by atoms with Crippen molar-refractivity contribution in [3.8, 4) is 5.75 Å². The second kappa shape index (κ2) is 8.43. The molecular weight excluding hydrogens is 450 g/mol. The van der Waals surface area contributed by atoms with Crippen LogP contribution in [0.5, 0.6) is 5.75 Å². The van der Waals surface area contributed by atoms with Crippen molar-refractivity contribution in [1.82, 2.24) is 5.01 Å². The van der Waals surface area contributed by atoms with E-state index in [1.165, 1.54) is 19.5 Å². The van der Waals surface area contributed by atoms with Crippen LogP contribution in [-0.4, -0.2) is 49.7 Å². The van der Waals surface area contributed by atoms with E-state index < -0.39 is 17.7 Å². The lowest BCUT2D eigenvalue weighted by Gasteiger charge is -2.32. The average molecular weight is 473 g/mol. The zero-order valence-corrected chi connectivity index (χ0v) is 19.7. The molecule has 9 nitrogen and oxygen atoms in total. The fraction of sp³-hybridized carbons (Fsp3) is 0.231. The zero-order valence-electron chi connectivity index (χ0n) is 19.7. The van der Waals surface area contributed by atoms with Crippen molar-refractivity contribution in [2.45, 2.75) is 19.6 Å². The van der Waals surface area contributed by atoms with E-state index in [0.717, 1.165) is 11.1 Å². The van der Waals surface area contributed by atoms with Gasteiger partial charge in [-0.15, -0.1) is 0 Å². The highest BCUT2D eigenvalue weighted by Crippen LogP contribution is 2.52. The number of carbonyl (C=O) groups excluding carboxylic acids is 2. The SMILES string of the molecule is CCOC(=O)C1=CN2N=C3C(=C(C(=O)OC)C=Nc4ccc(C)cc43)C2(c2ccc(OC)cc2)O1. The Balaban J connectivity index is 1.80. The van der Waals surface area contributed by atoms with E-state index in [9.17, 15) is 9.59 Å². The van der Waals surface area contributed by atoms with Gasteiger partial charge in [0, 0.05) is 17.3 Å². The van der Waals surface area contributed by atoms with Gasteiger partial charge in [-0.25, -0.2) is 14.6 Å². The maximum atomic E-state index is 13.0. The van der Waals surface area contributed by atoms with Gasteiger partial charge in [0.2, 0.25) is 5.76 Å². The van der Waals surface area contributed by atoms with E-state index in [4.69, 9.17) is 24.0 Å². The minimum Gasteiger partial charge on any atom is -0.497 e. The number of methoxy groups -OCH3 is 2. The van der Waals surface area contributed by atoms with Gasteiger partial charge in [0.25, 0.3) is 5.72 Å². The molecular formula is C26H23N3O6. The summed E-state index contributed by atoms with van der Waals surface area (Å²) in [6, 6.07) is 12.9. The monoisotopic (exact) mass is 473 g/mol. The van der Waals surface area contributed by atoms with Gasteiger partial charge in [-0.05, 0) is 50.2 Å². The number of aliphatic imine (C=N–C) groups is 1. The third kappa shape index (κ3) is 3.39. The van der Waals surface area contributed by atoms with Crippen molar-refractivity contribution in [3.63, 3.8) is 0 Å². The van der Waals surface area contributed by atoms with Crippen LogP contribution in [0.2, 0.25) is 0 Å². The number of fused-ring (bicyclic) bond motifs is 5. The molecule has 3 aliphatic rings. The average Bonchev–Trinajstić information content (AvgIpc) is 3.34. The number of hydrogen-bond donors (Lipinski definition) is 0. The standard InChI is InChI=1S/C26H23N3O6/c1-5-34-25(31)21-14-29-26(35-21,16-7-9-17(32-3)10-8-16)22-19(24(30)33-4)13-27-20-11-6-15(2)12-18(20)23(22)28-29/h6-14H,5H2,1-4H3. The summed E-state index contributed by atoms with van der Waals surface area (Å²) in [5, 5.41) is 6.37. The lowest BCUT2D eigenvalue weighted by Crippen LogP contribution is -2.39. The van der Waals surface area contributed by atoms with E-state index >= 15 is 0 Å². The Kier molecular flexibility index (Phi) is 5.39. The first-order valence-electron chi connectivity index (χ1n) is 11.0. The highest BCUT2D eigenvalue weighted by atomic mass is 16.6. The number of ether oxygens (including phenoxy) is 4. The summed E-state index contributed by atoms with van der Waals surface area (Å²) in [5.41, 5.74) is 2.60. The second-order valence-electron chi connectivity index (χ2n) is 8.04. The summed E-state index contributed by atoms with van der Waals surface area (Å²) in [4.78, 5) is 30.2. The van der Waals surface area contributed by atoms with Gasteiger partial charge < -0.3 is 18.9 Å². The van der Waals surface area contributed by atoms with Crippen LogP contribution in [0.15, 0.2) is 75.7 Å². The molecule has 0 bridgehead atoms. The van der Waals surface area contributed by atoms with Crippen molar-refractivity contribution in [2.75, 3.05) is 20.8 Å². The minimum atomic E-state index is -1.47. The molecule has 1 atom stereocenters. The van der Waals surface area contributed by atoms with Crippen molar-refractivity contribution >= 4 is 29.6 Å². The maximum absolute atomic E-state index is 13.0. The van der Waals surface area contributed by atoms with Gasteiger partial charge in [-0.2, -0.15) is 5.10 Å². The Morgan fingerprint density at radius 3 is 2.54 bits per heavy atom. The molecule has 0 fully saturated rings. The number of aryl methyl sites for hydroxylation is 1. The van der Waals surface area contributed by atoms with Gasteiger partial charge in [0.15, 0.2) is 0 Å². The van der Waals surface area contributed by atoms with Crippen molar-refractivity contribution in [3.05, 3.63) is 82.3 Å². The molecule has 0 saturated carbocycles. The Labute approximate surface area is 201 Å². The number of esters is 2. The van der Waals surface area contributed by atoms with Gasteiger partial charge in [-0.3, -0.25) is 4.99 Å². The second-order valence-corrected chi connectivity index (χ2v) is 8.04. The summed E-state index contributed by atoms with van der Waals surface area (Å²) in [6.07, 6.45) is 2.94. The van der Waals surface area contributed by atoms with Gasteiger partial charge in [0.05, 0.1) is 43.9 Å². The first-order valence-corrected chi connectivity index (χ1v) is 11.0. The molecule has 0 amide bonds. The third-order valence-corrected chi connectivity index (χ3v) is 5.98. The minimum absolute atomic E-state index is 0.0344. The van der Waals surface area contributed by atoms with Crippen LogP contribution in [0.1, 0.15) is 23.6 Å². The first kappa shape index (κ1) is 22.4. The number of nitrogens with zero attached hydrogens (tertiary/aromatic N) is 3. The molecule has 0 N–H and O–H groups in total. The normalized spacial score (nSPS) is 19.6. The van der Waals surface area contributed by atoms with Crippen LogP contribution in [0.25, 0.3) is 0 Å². The smallest absolute Gasteiger partial charge is 0.375 e. The number of rotatable bonds is 5. The summed E-state index contributed by atoms with van der Waals surface area (Å²) >= 11 is 0. The van der Waals surface area contributed by atoms with Gasteiger partial charge >= 0.3 is 11.9 Å². The molecule has 2 aromatic carbocycles. The molecule has 3 heterocycles. The Hall–Kier alpha value is -4.40. The molecule has 0 aliphatic carbocycles. The van der Waals surface area contributed by atoms with Crippen LogP contribution >= 0.6 is 0 Å². The molecule has 9 heteroatoms. The number of hydrazone groups is 1. The van der Waals surface area contributed by atoms with Crippen molar-refractivity contribution < 1.29 is 28.5 Å². The van der Waals surface area contributed by atoms with Crippen molar-refractivity contribution in [1.29, 1.82) is 0 Å². The molecule has 0 saturated heterocycles. The van der Waals surface area contributed by atoms with E-state index in [-0.39, 0.29) is 17.9 Å². The Bertz CT molecular complexity index is 1360. The van der Waals surface area contributed by atoms with Crippen LogP contribution in [-0.2, 0) is 29.5 Å². The Morgan fingerprint density at radius 2 is 1.86 bits per heavy atom. The topological polar surface area (TPSA) is 99.0 Å². The summed E-state index contributed by atoms with van der Waals surface area (Å²) in [5.74, 6) is -0.639. The first-order chi connectivity index (χ1) is 16.9. The molecule has 5 rings (SSSR count). The molecule has 0 radical (unpaired) electrons. The summed E-state index contributed by atoms with van der Waals surface area (Å²) in [6.45, 7) is 3.85. The molecule has 2 aromatic rings. The summed E-state index contributed by atoms with van der Waals surface area (Å²) in [7, 11) is 2.87. The predicted octanol–water partition coefficient (Wildman–Crippen LogP) is 3.50. The molecule has 0 spiro atoms. The fourth-order valence-corrected chi connectivity index (χ4v) is 4.38. The summed E-state index contributed by atoms with van der Waals surface area (Å²) < 4.78 is 22.0. The van der Waals surface area contributed by atoms with Crippen molar-refractivity contribution in [2.24, 2.45) is 10.1 Å². The largest absolute Gasteiger partial charge is 0.497 e. The lowest BCUT2D eigenvalue weighted by molar-refractivity contribution is -0.146. The van der Waals surface area contributed by atoms with E-state index in [0.29, 0.717) is 28.3 Å². The highest BCUT2D eigenvalue weighted by molar-refractivity contribution is 6.27. The van der Waals surface area contributed by atoms with E-state index in [2.05, 4.69) is 4.99 Å². The van der Waals surface area contributed by atoms with Crippen LogP contribution < -0.4 is 4.74 Å².